The maximum Gasteiger partial charge on any atom is 0.255 e. The number of nitrogens with zero attached hydrogens (tertiary/aromatic N) is 1. The van der Waals surface area contributed by atoms with Crippen LogP contribution in [0.5, 0.6) is 0 Å². The molecule has 1 N–H and O–H groups in total. The average Bonchev–Trinajstić information content (AvgIpc) is 2.93. The van der Waals surface area contributed by atoms with E-state index in [-0.39, 0.29) is 17.9 Å². The van der Waals surface area contributed by atoms with Crippen LogP contribution in [0.25, 0.3) is 0 Å². The Labute approximate surface area is 130 Å². The third kappa shape index (κ3) is 4.00. The molecule has 1 fully saturated rings. The predicted molar refractivity (Wildman–Crippen MR) is 86.3 cm³/mol. The molecule has 0 radical (unpaired) electrons. The van der Waals surface area contributed by atoms with Crippen LogP contribution in [-0.2, 0) is 4.79 Å². The number of hydrogen-bond donors (Lipinski definition) is 1. The maximum atomic E-state index is 12.6. The van der Waals surface area contributed by atoms with Crippen molar-refractivity contribution < 1.29 is 9.59 Å². The molecular formula is C16H22N2O2S. The van der Waals surface area contributed by atoms with Crippen LogP contribution in [0.1, 0.15) is 29.8 Å². The van der Waals surface area contributed by atoms with E-state index in [2.05, 4.69) is 19.2 Å². The molecule has 0 spiro atoms. The first-order chi connectivity index (χ1) is 9.99. The van der Waals surface area contributed by atoms with Crippen LogP contribution in [0, 0.1) is 12.8 Å². The van der Waals surface area contributed by atoms with Gasteiger partial charge in [-0.15, -0.1) is 11.8 Å². The van der Waals surface area contributed by atoms with Gasteiger partial charge in [0.05, 0.1) is 5.88 Å². The summed E-state index contributed by atoms with van der Waals surface area (Å²) in [5.74, 6) is 1.54. The maximum absolute atomic E-state index is 12.6. The lowest BCUT2D eigenvalue weighted by Gasteiger charge is -2.23. The molecule has 4 nitrogen and oxygen atoms in total. The molecule has 1 aromatic rings. The molecule has 1 aliphatic rings. The quantitative estimate of drug-likeness (QED) is 0.928. The third-order valence-electron chi connectivity index (χ3n) is 3.40. The van der Waals surface area contributed by atoms with Crippen LogP contribution >= 0.6 is 11.8 Å². The van der Waals surface area contributed by atoms with E-state index in [0.29, 0.717) is 29.7 Å². The molecular weight excluding hydrogens is 284 g/mol. The average molecular weight is 306 g/mol. The third-order valence-corrected chi connectivity index (χ3v) is 4.41. The van der Waals surface area contributed by atoms with Gasteiger partial charge in [-0.05, 0) is 25.0 Å². The van der Waals surface area contributed by atoms with Crippen molar-refractivity contribution in [1.82, 2.24) is 10.2 Å². The number of aryl methyl sites for hydroxylation is 1. The fraction of sp³-hybridized carbons (Fsp3) is 0.500. The Balaban J connectivity index is 2.07. The number of hydrogen-bond acceptors (Lipinski definition) is 3. The molecule has 0 aromatic heterocycles. The normalized spacial score (nSPS) is 18.1. The van der Waals surface area contributed by atoms with Crippen molar-refractivity contribution in [2.75, 3.05) is 18.2 Å². The molecule has 0 unspecified atom stereocenters. The van der Waals surface area contributed by atoms with Crippen molar-refractivity contribution in [2.45, 2.75) is 26.8 Å². The van der Waals surface area contributed by atoms with Crippen LogP contribution in [-0.4, -0.2) is 40.9 Å². The fourth-order valence-electron chi connectivity index (χ4n) is 2.23. The Morgan fingerprint density at radius 2 is 2.19 bits per heavy atom. The zero-order chi connectivity index (χ0) is 15.4. The van der Waals surface area contributed by atoms with E-state index in [0.717, 1.165) is 5.56 Å². The van der Waals surface area contributed by atoms with Gasteiger partial charge in [0.15, 0.2) is 0 Å². The van der Waals surface area contributed by atoms with E-state index < -0.39 is 0 Å². The lowest BCUT2D eigenvalue weighted by Crippen LogP contribution is -2.47. The van der Waals surface area contributed by atoms with Crippen molar-refractivity contribution in [2.24, 2.45) is 5.92 Å². The summed E-state index contributed by atoms with van der Waals surface area (Å²) < 4.78 is 0. The highest BCUT2D eigenvalue weighted by Gasteiger charge is 2.34. The standard InChI is InChI=1S/C16H22N2O2S/c1-11(2)8-17-15(19)14-9-21-10-18(14)16(20)13-6-4-5-12(3)7-13/h4-7,11,14H,8-10H2,1-3H3,(H,17,19)/t14-/m1/s1. The second kappa shape index (κ2) is 6.98. The predicted octanol–water partition coefficient (Wildman–Crippen LogP) is 2.28. The summed E-state index contributed by atoms with van der Waals surface area (Å²) in [6, 6.07) is 7.15. The van der Waals surface area contributed by atoms with Gasteiger partial charge in [0.2, 0.25) is 5.91 Å². The van der Waals surface area contributed by atoms with Gasteiger partial charge in [-0.25, -0.2) is 0 Å². The van der Waals surface area contributed by atoms with Gasteiger partial charge < -0.3 is 10.2 Å². The number of carbonyl (C=O) groups is 2. The van der Waals surface area contributed by atoms with Crippen molar-refractivity contribution in [1.29, 1.82) is 0 Å². The summed E-state index contributed by atoms with van der Waals surface area (Å²) in [6.07, 6.45) is 0. The van der Waals surface area contributed by atoms with Gasteiger partial charge in [0.1, 0.15) is 6.04 Å². The minimum absolute atomic E-state index is 0.0466. The largest absolute Gasteiger partial charge is 0.354 e. The molecule has 0 saturated carbocycles. The lowest BCUT2D eigenvalue weighted by atomic mass is 10.1. The van der Waals surface area contributed by atoms with E-state index >= 15 is 0 Å². The Hall–Kier alpha value is -1.49. The molecule has 1 heterocycles. The molecule has 1 atom stereocenters. The summed E-state index contributed by atoms with van der Waals surface area (Å²) in [4.78, 5) is 26.5. The van der Waals surface area contributed by atoms with Gasteiger partial charge in [0, 0.05) is 17.9 Å². The van der Waals surface area contributed by atoms with Gasteiger partial charge in [-0.3, -0.25) is 9.59 Å². The SMILES string of the molecule is Cc1cccc(C(=O)N2CSC[C@@H]2C(=O)NCC(C)C)c1. The van der Waals surface area contributed by atoms with Crippen LogP contribution in [0.3, 0.4) is 0 Å². The van der Waals surface area contributed by atoms with E-state index in [1.165, 1.54) is 0 Å². The number of carbonyl (C=O) groups excluding carboxylic acids is 2. The molecule has 2 amide bonds. The van der Waals surface area contributed by atoms with E-state index in [4.69, 9.17) is 0 Å². The zero-order valence-electron chi connectivity index (χ0n) is 12.8. The number of amides is 2. The van der Waals surface area contributed by atoms with E-state index in [1.54, 1.807) is 22.7 Å². The second-order valence-corrected chi connectivity index (χ2v) is 6.80. The lowest BCUT2D eigenvalue weighted by molar-refractivity contribution is -0.124. The minimum Gasteiger partial charge on any atom is -0.354 e. The minimum atomic E-state index is -0.359. The highest BCUT2D eigenvalue weighted by atomic mass is 32.2. The van der Waals surface area contributed by atoms with Crippen LogP contribution < -0.4 is 5.32 Å². The Kier molecular flexibility index (Phi) is 5.28. The Bertz CT molecular complexity index is 531. The van der Waals surface area contributed by atoms with Crippen LogP contribution in [0.15, 0.2) is 24.3 Å². The number of rotatable bonds is 4. The van der Waals surface area contributed by atoms with Gasteiger partial charge >= 0.3 is 0 Å². The molecule has 0 bridgehead atoms. The van der Waals surface area contributed by atoms with Crippen LogP contribution in [0.4, 0.5) is 0 Å². The highest BCUT2D eigenvalue weighted by molar-refractivity contribution is 7.99. The topological polar surface area (TPSA) is 49.4 Å². The Morgan fingerprint density at radius 3 is 2.86 bits per heavy atom. The summed E-state index contributed by atoms with van der Waals surface area (Å²) in [5.41, 5.74) is 1.70. The van der Waals surface area contributed by atoms with Gasteiger partial charge in [-0.1, -0.05) is 31.5 Å². The van der Waals surface area contributed by atoms with Gasteiger partial charge in [-0.2, -0.15) is 0 Å². The molecule has 114 valence electrons. The summed E-state index contributed by atoms with van der Waals surface area (Å²) in [7, 11) is 0. The Morgan fingerprint density at radius 1 is 1.43 bits per heavy atom. The first kappa shape index (κ1) is 15.9. The fourth-order valence-corrected chi connectivity index (χ4v) is 3.38. The van der Waals surface area contributed by atoms with Crippen molar-refractivity contribution in [3.05, 3.63) is 35.4 Å². The molecule has 2 rings (SSSR count). The van der Waals surface area contributed by atoms with Crippen molar-refractivity contribution in [3.63, 3.8) is 0 Å². The van der Waals surface area contributed by atoms with Gasteiger partial charge in [0.25, 0.3) is 5.91 Å². The number of benzene rings is 1. The van der Waals surface area contributed by atoms with Crippen molar-refractivity contribution in [3.8, 4) is 0 Å². The molecule has 0 aliphatic carbocycles. The monoisotopic (exact) mass is 306 g/mol. The molecule has 1 aromatic carbocycles. The molecule has 1 aliphatic heterocycles. The number of thioether (sulfide) groups is 1. The van der Waals surface area contributed by atoms with E-state index in [1.807, 2.05) is 25.1 Å². The number of nitrogens with one attached hydrogen (secondary N) is 1. The molecule has 5 heteroatoms. The van der Waals surface area contributed by atoms with Crippen molar-refractivity contribution >= 4 is 23.6 Å². The summed E-state index contributed by atoms with van der Waals surface area (Å²) >= 11 is 1.62. The smallest absolute Gasteiger partial charge is 0.255 e. The first-order valence-electron chi connectivity index (χ1n) is 7.22. The first-order valence-corrected chi connectivity index (χ1v) is 8.37. The molecule has 21 heavy (non-hydrogen) atoms. The molecule has 1 saturated heterocycles. The zero-order valence-corrected chi connectivity index (χ0v) is 13.6. The second-order valence-electron chi connectivity index (χ2n) is 5.80. The highest BCUT2D eigenvalue weighted by Crippen LogP contribution is 2.23. The summed E-state index contributed by atoms with van der Waals surface area (Å²) in [6.45, 7) is 6.72. The van der Waals surface area contributed by atoms with Crippen LogP contribution in [0.2, 0.25) is 0 Å². The summed E-state index contributed by atoms with van der Waals surface area (Å²) in [5, 5.41) is 2.93. The van der Waals surface area contributed by atoms with E-state index in [9.17, 15) is 9.59 Å².